The summed E-state index contributed by atoms with van der Waals surface area (Å²) in [5.41, 5.74) is -1.13. The van der Waals surface area contributed by atoms with E-state index >= 15 is 0 Å². The number of carbonyl (C=O) groups is 2. The van der Waals surface area contributed by atoms with Crippen LogP contribution in [-0.2, 0) is 20.7 Å². The van der Waals surface area contributed by atoms with E-state index in [4.69, 9.17) is 9.26 Å². The van der Waals surface area contributed by atoms with E-state index in [1.165, 1.54) is 6.92 Å². The number of aromatic nitrogens is 2. The van der Waals surface area contributed by atoms with Gasteiger partial charge in [-0.25, -0.2) is 0 Å². The molecular formula is C17H25N3O4. The van der Waals surface area contributed by atoms with Crippen molar-refractivity contribution in [2.24, 2.45) is 5.92 Å². The van der Waals surface area contributed by atoms with Crippen molar-refractivity contribution in [1.82, 2.24) is 15.0 Å². The Morgan fingerprint density at radius 1 is 1.33 bits per heavy atom. The third kappa shape index (κ3) is 3.94. The van der Waals surface area contributed by atoms with Crippen molar-refractivity contribution in [1.29, 1.82) is 0 Å². The van der Waals surface area contributed by atoms with Gasteiger partial charge in [0.05, 0.1) is 0 Å². The molecule has 132 valence electrons. The molecule has 1 amide bonds. The molecule has 0 N–H and O–H groups in total. The molecule has 1 aromatic rings. The van der Waals surface area contributed by atoms with Crippen molar-refractivity contribution < 1.29 is 18.8 Å². The summed E-state index contributed by atoms with van der Waals surface area (Å²) in [4.78, 5) is 30.1. The third-order valence-corrected chi connectivity index (χ3v) is 4.61. The molecule has 0 aromatic carbocycles. The largest absolute Gasteiger partial charge is 0.450 e. The number of esters is 1. The smallest absolute Gasteiger partial charge is 0.303 e. The summed E-state index contributed by atoms with van der Waals surface area (Å²) < 4.78 is 10.5. The van der Waals surface area contributed by atoms with E-state index in [0.717, 1.165) is 31.5 Å². The Balaban J connectivity index is 1.58. The first kappa shape index (κ1) is 16.9. The van der Waals surface area contributed by atoms with Crippen LogP contribution in [0.15, 0.2) is 4.52 Å². The SMILES string of the molecule is CC(=O)OC(C)(C)C(=O)N1CCC[C@@H](Cc2nc(C3CC3)no2)C1. The quantitative estimate of drug-likeness (QED) is 0.766. The monoisotopic (exact) mass is 335 g/mol. The van der Waals surface area contributed by atoms with Crippen LogP contribution < -0.4 is 0 Å². The van der Waals surface area contributed by atoms with Crippen LogP contribution in [0.4, 0.5) is 0 Å². The van der Waals surface area contributed by atoms with E-state index in [1.807, 2.05) is 0 Å². The first-order valence-electron chi connectivity index (χ1n) is 8.66. The van der Waals surface area contributed by atoms with Gasteiger partial charge in [-0.2, -0.15) is 4.98 Å². The second-order valence-electron chi connectivity index (χ2n) is 7.39. The molecule has 0 unspecified atom stereocenters. The molecule has 1 atom stereocenters. The number of amides is 1. The summed E-state index contributed by atoms with van der Waals surface area (Å²) in [5.74, 6) is 1.67. The fraction of sp³-hybridized carbons (Fsp3) is 0.765. The molecule has 1 saturated heterocycles. The van der Waals surface area contributed by atoms with Crippen LogP contribution >= 0.6 is 0 Å². The van der Waals surface area contributed by atoms with Gasteiger partial charge in [0, 0.05) is 32.4 Å². The molecular weight excluding hydrogens is 310 g/mol. The summed E-state index contributed by atoms with van der Waals surface area (Å²) in [6.07, 6.45) is 4.94. The van der Waals surface area contributed by atoms with Crippen molar-refractivity contribution in [3.63, 3.8) is 0 Å². The highest BCUT2D eigenvalue weighted by Gasteiger charge is 2.37. The topological polar surface area (TPSA) is 85.5 Å². The average molecular weight is 335 g/mol. The first-order chi connectivity index (χ1) is 11.3. The number of ether oxygens (including phenoxy) is 1. The summed E-state index contributed by atoms with van der Waals surface area (Å²) in [7, 11) is 0. The van der Waals surface area contributed by atoms with E-state index < -0.39 is 11.6 Å². The minimum absolute atomic E-state index is 0.147. The van der Waals surface area contributed by atoms with Crippen LogP contribution in [0.2, 0.25) is 0 Å². The lowest BCUT2D eigenvalue weighted by molar-refractivity contribution is -0.169. The van der Waals surface area contributed by atoms with Crippen LogP contribution in [-0.4, -0.2) is 45.6 Å². The maximum Gasteiger partial charge on any atom is 0.303 e. The van der Waals surface area contributed by atoms with E-state index in [-0.39, 0.29) is 5.91 Å². The van der Waals surface area contributed by atoms with E-state index in [0.29, 0.717) is 37.2 Å². The van der Waals surface area contributed by atoms with Crippen LogP contribution in [0.3, 0.4) is 0 Å². The van der Waals surface area contributed by atoms with E-state index in [9.17, 15) is 9.59 Å². The second kappa shape index (κ2) is 6.53. The Kier molecular flexibility index (Phi) is 4.60. The Morgan fingerprint density at radius 3 is 2.75 bits per heavy atom. The van der Waals surface area contributed by atoms with Crippen LogP contribution in [0, 0.1) is 5.92 Å². The maximum atomic E-state index is 12.7. The molecule has 7 heteroatoms. The average Bonchev–Trinajstić information content (AvgIpc) is 3.26. The molecule has 1 aliphatic carbocycles. The lowest BCUT2D eigenvalue weighted by Crippen LogP contribution is -2.51. The fourth-order valence-corrected chi connectivity index (χ4v) is 3.31. The second-order valence-corrected chi connectivity index (χ2v) is 7.39. The van der Waals surface area contributed by atoms with Gasteiger partial charge in [0.1, 0.15) is 0 Å². The minimum atomic E-state index is -1.13. The number of carbonyl (C=O) groups excluding carboxylic acids is 2. The number of rotatable bonds is 5. The van der Waals surface area contributed by atoms with Gasteiger partial charge in [-0.3, -0.25) is 9.59 Å². The fourth-order valence-electron chi connectivity index (χ4n) is 3.31. The van der Waals surface area contributed by atoms with Gasteiger partial charge >= 0.3 is 5.97 Å². The minimum Gasteiger partial charge on any atom is -0.450 e. The van der Waals surface area contributed by atoms with Crippen LogP contribution in [0.25, 0.3) is 0 Å². The highest BCUT2D eigenvalue weighted by molar-refractivity contribution is 5.86. The van der Waals surface area contributed by atoms with Gasteiger partial charge in [-0.05, 0) is 45.4 Å². The van der Waals surface area contributed by atoms with Crippen molar-refractivity contribution in [3.05, 3.63) is 11.7 Å². The molecule has 0 bridgehead atoms. The van der Waals surface area contributed by atoms with E-state index in [1.54, 1.807) is 18.7 Å². The normalized spacial score (nSPS) is 21.6. The highest BCUT2D eigenvalue weighted by Crippen LogP contribution is 2.38. The van der Waals surface area contributed by atoms with Gasteiger partial charge in [0.15, 0.2) is 11.4 Å². The molecule has 3 rings (SSSR count). The highest BCUT2D eigenvalue weighted by atomic mass is 16.6. The Morgan fingerprint density at radius 2 is 2.08 bits per heavy atom. The molecule has 24 heavy (non-hydrogen) atoms. The number of nitrogens with zero attached hydrogens (tertiary/aromatic N) is 3. The van der Waals surface area contributed by atoms with Crippen molar-refractivity contribution in [2.75, 3.05) is 13.1 Å². The lowest BCUT2D eigenvalue weighted by atomic mass is 9.93. The van der Waals surface area contributed by atoms with Gasteiger partial charge in [0.2, 0.25) is 5.89 Å². The third-order valence-electron chi connectivity index (χ3n) is 4.61. The summed E-state index contributed by atoms with van der Waals surface area (Å²) >= 11 is 0. The molecule has 2 aliphatic rings. The summed E-state index contributed by atoms with van der Waals surface area (Å²) in [6.45, 7) is 5.92. The van der Waals surface area contributed by atoms with Gasteiger partial charge in [-0.15, -0.1) is 0 Å². The first-order valence-corrected chi connectivity index (χ1v) is 8.66. The molecule has 2 heterocycles. The lowest BCUT2D eigenvalue weighted by Gasteiger charge is -2.36. The van der Waals surface area contributed by atoms with Crippen molar-refractivity contribution >= 4 is 11.9 Å². The number of hydrogen-bond acceptors (Lipinski definition) is 6. The zero-order valence-corrected chi connectivity index (χ0v) is 14.6. The summed E-state index contributed by atoms with van der Waals surface area (Å²) in [6, 6.07) is 0. The number of hydrogen-bond donors (Lipinski definition) is 0. The number of likely N-dealkylation sites (tertiary alicyclic amines) is 1. The molecule has 7 nitrogen and oxygen atoms in total. The Bertz CT molecular complexity index is 621. The predicted octanol–water partition coefficient (Wildman–Crippen LogP) is 2.07. The van der Waals surface area contributed by atoms with Gasteiger partial charge in [-0.1, -0.05) is 5.16 Å². The number of piperidine rings is 1. The zero-order valence-electron chi connectivity index (χ0n) is 14.6. The Hall–Kier alpha value is -1.92. The van der Waals surface area contributed by atoms with Gasteiger partial charge < -0.3 is 14.2 Å². The molecule has 0 spiro atoms. The standard InChI is InChI=1S/C17H25N3O4/c1-11(21)23-17(2,3)16(22)20-8-4-5-12(10-20)9-14-18-15(19-24-14)13-6-7-13/h12-13H,4-10H2,1-3H3/t12-/m0/s1. The molecule has 1 aromatic heterocycles. The van der Waals surface area contributed by atoms with Crippen molar-refractivity contribution in [3.8, 4) is 0 Å². The van der Waals surface area contributed by atoms with Gasteiger partial charge in [0.25, 0.3) is 5.91 Å². The zero-order chi connectivity index (χ0) is 17.3. The molecule has 2 fully saturated rings. The van der Waals surface area contributed by atoms with Crippen molar-refractivity contribution in [2.45, 2.75) is 64.4 Å². The molecule has 1 aliphatic heterocycles. The predicted molar refractivity (Wildman–Crippen MR) is 85.1 cm³/mol. The Labute approximate surface area is 141 Å². The molecule has 1 saturated carbocycles. The van der Waals surface area contributed by atoms with E-state index in [2.05, 4.69) is 10.1 Å². The van der Waals surface area contributed by atoms with Crippen LogP contribution in [0.5, 0.6) is 0 Å². The maximum absolute atomic E-state index is 12.7. The summed E-state index contributed by atoms with van der Waals surface area (Å²) in [5, 5.41) is 4.05. The van der Waals surface area contributed by atoms with Crippen LogP contribution in [0.1, 0.15) is 64.1 Å². The molecule has 0 radical (unpaired) electrons.